The molecule has 0 unspecified atom stereocenters. The lowest BCUT2D eigenvalue weighted by Crippen LogP contribution is -2.32. The lowest BCUT2D eigenvalue weighted by Gasteiger charge is -2.21. The van der Waals surface area contributed by atoms with Gasteiger partial charge in [0.15, 0.2) is 0 Å². The molecular weight excluding hydrogens is 458 g/mol. The van der Waals surface area contributed by atoms with Crippen molar-refractivity contribution in [1.29, 1.82) is 0 Å². The first-order valence-corrected chi connectivity index (χ1v) is 11.7. The van der Waals surface area contributed by atoms with Gasteiger partial charge in [-0.3, -0.25) is 0 Å². The molecule has 0 aliphatic carbocycles. The third-order valence-corrected chi connectivity index (χ3v) is 7.31. The van der Waals surface area contributed by atoms with Crippen molar-refractivity contribution in [3.8, 4) is 5.75 Å². The number of esters is 1. The van der Waals surface area contributed by atoms with Gasteiger partial charge in [0.25, 0.3) is 0 Å². The van der Waals surface area contributed by atoms with Crippen LogP contribution in [0.3, 0.4) is 0 Å². The summed E-state index contributed by atoms with van der Waals surface area (Å²) in [6.45, 7) is 1.06. The van der Waals surface area contributed by atoms with Crippen LogP contribution in [0, 0.1) is 0 Å². The number of hydrogen-bond acceptors (Lipinski definition) is 5. The minimum atomic E-state index is -3.76. The van der Waals surface area contributed by atoms with Crippen molar-refractivity contribution in [2.24, 2.45) is 0 Å². The highest BCUT2D eigenvalue weighted by Gasteiger charge is 2.29. The van der Waals surface area contributed by atoms with E-state index in [4.69, 9.17) is 9.47 Å². The zero-order chi connectivity index (χ0) is 20.9. The second-order valence-electron chi connectivity index (χ2n) is 6.89. The highest BCUT2D eigenvalue weighted by Crippen LogP contribution is 2.29. The number of benzene rings is 2. The number of hydrogen-bond donors (Lipinski definition) is 0. The van der Waals surface area contributed by atoms with Gasteiger partial charge in [-0.15, -0.1) is 0 Å². The molecule has 2 aromatic rings. The lowest BCUT2D eigenvalue weighted by molar-refractivity contribution is 0.0472. The van der Waals surface area contributed by atoms with Crippen molar-refractivity contribution < 1.29 is 22.7 Å². The maximum atomic E-state index is 13.2. The Labute approximate surface area is 180 Å². The standard InChI is InChI=1S/C21H24BrNO5S/c1-27-19-11-8-17(21(24)28-15-16-6-9-18(22)10-7-16)14-20(19)29(25,26)23-12-4-2-3-5-13-23/h6-11,14H,2-5,12-13,15H2,1H3. The van der Waals surface area contributed by atoms with E-state index >= 15 is 0 Å². The summed E-state index contributed by atoms with van der Waals surface area (Å²) < 4.78 is 39.4. The molecule has 1 aliphatic rings. The molecule has 6 nitrogen and oxygen atoms in total. The number of halogens is 1. The molecule has 0 amide bonds. The van der Waals surface area contributed by atoms with Gasteiger partial charge in [-0.2, -0.15) is 4.31 Å². The molecule has 0 bridgehead atoms. The molecular formula is C21H24BrNO5S. The van der Waals surface area contributed by atoms with Gasteiger partial charge in [-0.05, 0) is 48.7 Å². The molecule has 1 saturated heterocycles. The van der Waals surface area contributed by atoms with Gasteiger partial charge in [0, 0.05) is 17.6 Å². The van der Waals surface area contributed by atoms with Crippen LogP contribution in [-0.4, -0.2) is 38.9 Å². The van der Waals surface area contributed by atoms with Crippen molar-refractivity contribution >= 4 is 31.9 Å². The summed E-state index contributed by atoms with van der Waals surface area (Å²) in [6.07, 6.45) is 3.70. The Kier molecular flexibility index (Phi) is 7.32. The summed E-state index contributed by atoms with van der Waals surface area (Å²) in [6, 6.07) is 11.8. The third-order valence-electron chi connectivity index (χ3n) is 4.87. The topological polar surface area (TPSA) is 72.9 Å². The predicted octanol–water partition coefficient (Wildman–Crippen LogP) is 4.38. The molecule has 0 saturated carbocycles. The Bertz CT molecular complexity index is 952. The molecule has 8 heteroatoms. The van der Waals surface area contributed by atoms with Crippen LogP contribution >= 0.6 is 15.9 Å². The molecule has 1 fully saturated rings. The van der Waals surface area contributed by atoms with E-state index in [0.717, 1.165) is 35.7 Å². The normalized spacial score (nSPS) is 15.5. The average molecular weight is 482 g/mol. The highest BCUT2D eigenvalue weighted by molar-refractivity contribution is 9.10. The number of ether oxygens (including phenoxy) is 2. The molecule has 156 valence electrons. The zero-order valence-electron chi connectivity index (χ0n) is 16.3. The van der Waals surface area contributed by atoms with Crippen LogP contribution in [0.1, 0.15) is 41.6 Å². The average Bonchev–Trinajstić information content (AvgIpc) is 3.03. The minimum Gasteiger partial charge on any atom is -0.495 e. The Hall–Kier alpha value is -1.90. The Balaban J connectivity index is 1.82. The second kappa shape index (κ2) is 9.73. The van der Waals surface area contributed by atoms with Gasteiger partial charge in [-0.25, -0.2) is 13.2 Å². The van der Waals surface area contributed by atoms with Gasteiger partial charge < -0.3 is 9.47 Å². The maximum absolute atomic E-state index is 13.2. The fraction of sp³-hybridized carbons (Fsp3) is 0.381. The summed E-state index contributed by atoms with van der Waals surface area (Å²) >= 11 is 3.36. The molecule has 0 radical (unpaired) electrons. The summed E-state index contributed by atoms with van der Waals surface area (Å²) in [5.74, 6) is -0.360. The molecule has 1 aliphatic heterocycles. The molecule has 0 atom stereocenters. The van der Waals surface area contributed by atoms with Crippen molar-refractivity contribution in [1.82, 2.24) is 4.31 Å². The molecule has 0 N–H and O–H groups in total. The van der Waals surface area contributed by atoms with E-state index in [2.05, 4.69) is 15.9 Å². The fourth-order valence-corrected chi connectivity index (χ4v) is 5.20. The van der Waals surface area contributed by atoms with Gasteiger partial charge >= 0.3 is 5.97 Å². The predicted molar refractivity (Wildman–Crippen MR) is 113 cm³/mol. The molecule has 3 rings (SSSR count). The monoisotopic (exact) mass is 481 g/mol. The van der Waals surface area contributed by atoms with Crippen molar-refractivity contribution in [3.63, 3.8) is 0 Å². The number of carbonyl (C=O) groups is 1. The van der Waals surface area contributed by atoms with E-state index < -0.39 is 16.0 Å². The summed E-state index contributed by atoms with van der Waals surface area (Å²) in [4.78, 5) is 12.5. The van der Waals surface area contributed by atoms with Crippen LogP contribution in [0.25, 0.3) is 0 Å². The van der Waals surface area contributed by atoms with Crippen LogP contribution in [-0.2, 0) is 21.4 Å². The van der Waals surface area contributed by atoms with Crippen LogP contribution < -0.4 is 4.74 Å². The van der Waals surface area contributed by atoms with E-state index in [0.29, 0.717) is 13.1 Å². The first-order valence-electron chi connectivity index (χ1n) is 9.51. The van der Waals surface area contributed by atoms with Crippen LogP contribution in [0.15, 0.2) is 51.8 Å². The highest BCUT2D eigenvalue weighted by atomic mass is 79.9. The maximum Gasteiger partial charge on any atom is 0.338 e. The van der Waals surface area contributed by atoms with E-state index in [1.54, 1.807) is 0 Å². The van der Waals surface area contributed by atoms with Gasteiger partial charge in [0.1, 0.15) is 17.3 Å². The lowest BCUT2D eigenvalue weighted by atomic mass is 10.2. The smallest absolute Gasteiger partial charge is 0.338 e. The van der Waals surface area contributed by atoms with E-state index in [-0.39, 0.29) is 22.8 Å². The second-order valence-corrected chi connectivity index (χ2v) is 9.71. The Morgan fingerprint density at radius 3 is 2.31 bits per heavy atom. The van der Waals surface area contributed by atoms with Crippen molar-refractivity contribution in [2.75, 3.05) is 20.2 Å². The van der Waals surface area contributed by atoms with Crippen LogP contribution in [0.2, 0.25) is 0 Å². The summed E-state index contributed by atoms with van der Waals surface area (Å²) in [7, 11) is -2.34. The van der Waals surface area contributed by atoms with Crippen LogP contribution in [0.4, 0.5) is 0 Å². The SMILES string of the molecule is COc1ccc(C(=O)OCc2ccc(Br)cc2)cc1S(=O)(=O)N1CCCCCC1. The van der Waals surface area contributed by atoms with Crippen molar-refractivity contribution in [3.05, 3.63) is 58.1 Å². The quantitative estimate of drug-likeness (QED) is 0.572. The molecule has 0 aromatic heterocycles. The third kappa shape index (κ3) is 5.38. The molecule has 2 aromatic carbocycles. The Morgan fingerprint density at radius 1 is 1.03 bits per heavy atom. The number of rotatable bonds is 6. The molecule has 0 spiro atoms. The number of sulfonamides is 1. The van der Waals surface area contributed by atoms with E-state index in [9.17, 15) is 13.2 Å². The molecule has 1 heterocycles. The van der Waals surface area contributed by atoms with Gasteiger partial charge in [-0.1, -0.05) is 40.9 Å². The summed E-state index contributed by atoms with van der Waals surface area (Å²) in [5.41, 5.74) is 1.02. The van der Waals surface area contributed by atoms with E-state index in [1.807, 2.05) is 24.3 Å². The minimum absolute atomic E-state index is 0.00000769. The number of methoxy groups -OCH3 is 1. The zero-order valence-corrected chi connectivity index (χ0v) is 18.7. The number of nitrogens with zero attached hydrogens (tertiary/aromatic N) is 1. The van der Waals surface area contributed by atoms with Gasteiger partial charge in [0.05, 0.1) is 12.7 Å². The van der Waals surface area contributed by atoms with E-state index in [1.165, 1.54) is 29.6 Å². The summed E-state index contributed by atoms with van der Waals surface area (Å²) in [5, 5.41) is 0. The van der Waals surface area contributed by atoms with Gasteiger partial charge in [0.2, 0.25) is 10.0 Å². The van der Waals surface area contributed by atoms with Crippen LogP contribution in [0.5, 0.6) is 5.75 Å². The number of carbonyl (C=O) groups excluding carboxylic acids is 1. The fourth-order valence-electron chi connectivity index (χ4n) is 3.24. The first kappa shape index (κ1) is 21.8. The Morgan fingerprint density at radius 2 is 1.69 bits per heavy atom. The van der Waals surface area contributed by atoms with Crippen molar-refractivity contribution in [2.45, 2.75) is 37.2 Å². The molecule has 29 heavy (non-hydrogen) atoms. The first-order chi connectivity index (χ1) is 13.9. The largest absolute Gasteiger partial charge is 0.495 e.